The SMILES string of the molecule is COc1cccc2c1C(C(=O)Nc1cn[nH]n1)CC2. The summed E-state index contributed by atoms with van der Waals surface area (Å²) in [5.74, 6) is 0.948. The van der Waals surface area contributed by atoms with Gasteiger partial charge < -0.3 is 10.1 Å². The fourth-order valence-corrected chi connectivity index (χ4v) is 2.56. The number of amides is 1. The number of hydrogen-bond donors (Lipinski definition) is 2. The van der Waals surface area contributed by atoms with Crippen LogP contribution in [0.15, 0.2) is 24.4 Å². The first-order chi connectivity index (χ1) is 9.29. The number of carbonyl (C=O) groups is 1. The van der Waals surface area contributed by atoms with E-state index in [1.165, 1.54) is 11.8 Å². The summed E-state index contributed by atoms with van der Waals surface area (Å²) < 4.78 is 5.36. The molecule has 0 saturated carbocycles. The Morgan fingerprint density at radius 1 is 1.53 bits per heavy atom. The number of methoxy groups -OCH3 is 1. The Bertz CT molecular complexity index is 595. The maximum absolute atomic E-state index is 12.3. The number of H-pyrrole nitrogens is 1. The van der Waals surface area contributed by atoms with Crippen molar-refractivity contribution in [1.82, 2.24) is 15.4 Å². The van der Waals surface area contributed by atoms with Crippen molar-refractivity contribution in [3.63, 3.8) is 0 Å². The van der Waals surface area contributed by atoms with E-state index in [0.29, 0.717) is 5.82 Å². The molecule has 6 heteroatoms. The molecule has 1 aliphatic rings. The normalized spacial score (nSPS) is 17.0. The zero-order valence-corrected chi connectivity index (χ0v) is 10.5. The summed E-state index contributed by atoms with van der Waals surface area (Å²) in [6.45, 7) is 0. The van der Waals surface area contributed by atoms with E-state index in [4.69, 9.17) is 4.74 Å². The van der Waals surface area contributed by atoms with E-state index < -0.39 is 0 Å². The van der Waals surface area contributed by atoms with Gasteiger partial charge in [-0.15, -0.1) is 5.10 Å². The molecule has 0 fully saturated rings. The largest absolute Gasteiger partial charge is 0.496 e. The number of fused-ring (bicyclic) bond motifs is 1. The van der Waals surface area contributed by atoms with Crippen LogP contribution < -0.4 is 10.1 Å². The van der Waals surface area contributed by atoms with Crippen molar-refractivity contribution in [3.8, 4) is 5.75 Å². The van der Waals surface area contributed by atoms with Gasteiger partial charge in [0.25, 0.3) is 0 Å². The number of aromatic nitrogens is 3. The Morgan fingerprint density at radius 2 is 2.42 bits per heavy atom. The van der Waals surface area contributed by atoms with Crippen LogP contribution in [-0.4, -0.2) is 28.4 Å². The summed E-state index contributed by atoms with van der Waals surface area (Å²) in [5.41, 5.74) is 2.17. The number of anilines is 1. The van der Waals surface area contributed by atoms with Crippen LogP contribution >= 0.6 is 0 Å². The van der Waals surface area contributed by atoms with E-state index in [9.17, 15) is 4.79 Å². The van der Waals surface area contributed by atoms with Gasteiger partial charge in [-0.25, -0.2) is 0 Å². The number of hydrogen-bond acceptors (Lipinski definition) is 4. The Balaban J connectivity index is 1.87. The van der Waals surface area contributed by atoms with Crippen LogP contribution in [-0.2, 0) is 11.2 Å². The first kappa shape index (κ1) is 11.7. The maximum atomic E-state index is 12.3. The number of benzene rings is 1. The summed E-state index contributed by atoms with van der Waals surface area (Å²) in [4.78, 5) is 12.3. The third-order valence-electron chi connectivity index (χ3n) is 3.41. The number of ether oxygens (including phenoxy) is 1. The molecule has 98 valence electrons. The molecule has 1 atom stereocenters. The molecule has 1 heterocycles. The van der Waals surface area contributed by atoms with Gasteiger partial charge in [0.05, 0.1) is 19.2 Å². The fourth-order valence-electron chi connectivity index (χ4n) is 2.56. The molecule has 0 saturated heterocycles. The van der Waals surface area contributed by atoms with Gasteiger partial charge in [-0.05, 0) is 24.5 Å². The van der Waals surface area contributed by atoms with Crippen LogP contribution in [0.25, 0.3) is 0 Å². The molecule has 19 heavy (non-hydrogen) atoms. The van der Waals surface area contributed by atoms with Gasteiger partial charge in [-0.1, -0.05) is 12.1 Å². The summed E-state index contributed by atoms with van der Waals surface area (Å²) in [5, 5.41) is 12.7. The topological polar surface area (TPSA) is 79.9 Å². The second kappa shape index (κ2) is 4.72. The highest BCUT2D eigenvalue weighted by molar-refractivity contribution is 5.96. The lowest BCUT2D eigenvalue weighted by Crippen LogP contribution is -2.20. The minimum Gasteiger partial charge on any atom is -0.496 e. The van der Waals surface area contributed by atoms with Crippen LogP contribution in [0, 0.1) is 0 Å². The number of nitrogens with one attached hydrogen (secondary N) is 2. The van der Waals surface area contributed by atoms with Crippen molar-refractivity contribution >= 4 is 11.7 Å². The van der Waals surface area contributed by atoms with Crippen molar-refractivity contribution in [3.05, 3.63) is 35.5 Å². The highest BCUT2D eigenvalue weighted by atomic mass is 16.5. The van der Waals surface area contributed by atoms with E-state index in [0.717, 1.165) is 24.2 Å². The average Bonchev–Trinajstić information content (AvgIpc) is 3.06. The van der Waals surface area contributed by atoms with Gasteiger partial charge in [-0.3, -0.25) is 4.79 Å². The molecule has 1 unspecified atom stereocenters. The second-order valence-corrected chi connectivity index (χ2v) is 4.47. The molecule has 1 aromatic carbocycles. The van der Waals surface area contributed by atoms with Crippen LogP contribution in [0.1, 0.15) is 23.5 Å². The number of aromatic amines is 1. The molecule has 0 radical (unpaired) electrons. The minimum absolute atomic E-state index is 0.0721. The number of carbonyl (C=O) groups excluding carboxylic acids is 1. The predicted molar refractivity (Wildman–Crippen MR) is 69.1 cm³/mol. The molecule has 0 spiro atoms. The van der Waals surface area contributed by atoms with Crippen molar-refractivity contribution in [2.24, 2.45) is 0 Å². The Hall–Kier alpha value is -2.37. The molecular weight excluding hydrogens is 244 g/mol. The lowest BCUT2D eigenvalue weighted by atomic mass is 9.99. The molecule has 0 bridgehead atoms. The zero-order chi connectivity index (χ0) is 13.2. The fraction of sp³-hybridized carbons (Fsp3) is 0.308. The smallest absolute Gasteiger partial charge is 0.233 e. The third kappa shape index (κ3) is 2.05. The van der Waals surface area contributed by atoms with Gasteiger partial charge in [0.2, 0.25) is 5.91 Å². The summed E-state index contributed by atoms with van der Waals surface area (Å²) in [7, 11) is 1.63. The van der Waals surface area contributed by atoms with Crippen LogP contribution in [0.2, 0.25) is 0 Å². The van der Waals surface area contributed by atoms with Gasteiger partial charge in [-0.2, -0.15) is 10.3 Å². The Labute approximate surface area is 110 Å². The molecule has 2 N–H and O–H groups in total. The third-order valence-corrected chi connectivity index (χ3v) is 3.41. The number of aryl methyl sites for hydroxylation is 1. The maximum Gasteiger partial charge on any atom is 0.233 e. The molecule has 6 nitrogen and oxygen atoms in total. The van der Waals surface area contributed by atoms with Crippen molar-refractivity contribution in [1.29, 1.82) is 0 Å². The zero-order valence-electron chi connectivity index (χ0n) is 10.5. The molecule has 3 rings (SSSR count). The monoisotopic (exact) mass is 258 g/mol. The summed E-state index contributed by atoms with van der Waals surface area (Å²) in [6, 6.07) is 5.89. The van der Waals surface area contributed by atoms with Crippen LogP contribution in [0.4, 0.5) is 5.82 Å². The molecular formula is C13H14N4O2. The Kier molecular flexibility index (Phi) is 2.91. The summed E-state index contributed by atoms with van der Waals surface area (Å²) >= 11 is 0. The van der Waals surface area contributed by atoms with E-state index in [2.05, 4.69) is 20.7 Å². The predicted octanol–water partition coefficient (Wildman–Crippen LogP) is 1.48. The molecule has 0 aliphatic heterocycles. The van der Waals surface area contributed by atoms with Crippen molar-refractivity contribution in [2.45, 2.75) is 18.8 Å². The van der Waals surface area contributed by atoms with Gasteiger partial charge in [0.15, 0.2) is 5.82 Å². The quantitative estimate of drug-likeness (QED) is 0.874. The minimum atomic E-state index is -0.192. The highest BCUT2D eigenvalue weighted by Gasteiger charge is 2.31. The molecule has 1 aromatic heterocycles. The van der Waals surface area contributed by atoms with E-state index in [-0.39, 0.29) is 11.8 Å². The Morgan fingerprint density at radius 3 is 3.16 bits per heavy atom. The van der Waals surface area contributed by atoms with Gasteiger partial charge >= 0.3 is 0 Å². The lowest BCUT2D eigenvalue weighted by Gasteiger charge is -2.14. The van der Waals surface area contributed by atoms with E-state index in [1.54, 1.807) is 7.11 Å². The van der Waals surface area contributed by atoms with Gasteiger partial charge in [0.1, 0.15) is 5.75 Å². The van der Waals surface area contributed by atoms with Gasteiger partial charge in [0, 0.05) is 5.56 Å². The first-order valence-corrected chi connectivity index (χ1v) is 6.12. The lowest BCUT2D eigenvalue weighted by molar-refractivity contribution is -0.117. The average molecular weight is 258 g/mol. The van der Waals surface area contributed by atoms with Crippen molar-refractivity contribution in [2.75, 3.05) is 12.4 Å². The van der Waals surface area contributed by atoms with Crippen LogP contribution in [0.3, 0.4) is 0 Å². The molecule has 1 amide bonds. The van der Waals surface area contributed by atoms with E-state index in [1.807, 2.05) is 18.2 Å². The standard InChI is InChI=1S/C13H14N4O2/c1-19-10-4-2-3-8-5-6-9(12(8)10)13(18)15-11-7-14-17-16-11/h2-4,7,9H,5-6H2,1H3,(H2,14,15,16,17,18). The van der Waals surface area contributed by atoms with E-state index >= 15 is 0 Å². The molecule has 1 aliphatic carbocycles. The van der Waals surface area contributed by atoms with Crippen molar-refractivity contribution < 1.29 is 9.53 Å². The summed E-state index contributed by atoms with van der Waals surface area (Å²) in [6.07, 6.45) is 3.17. The highest BCUT2D eigenvalue weighted by Crippen LogP contribution is 2.39. The first-order valence-electron chi connectivity index (χ1n) is 6.12. The second-order valence-electron chi connectivity index (χ2n) is 4.47. The van der Waals surface area contributed by atoms with Crippen LogP contribution in [0.5, 0.6) is 5.75 Å². The number of rotatable bonds is 3. The molecule has 2 aromatic rings. The number of nitrogens with zero attached hydrogens (tertiary/aromatic N) is 2.